The molecule has 1 aliphatic rings. The van der Waals surface area contributed by atoms with Crippen molar-refractivity contribution in [2.45, 2.75) is 44.6 Å². The Bertz CT molecular complexity index is 492. The molecule has 1 aromatic rings. The number of nitrogens with one attached hydrogen (secondary N) is 1. The normalized spacial score (nSPS) is 25.7. The molecule has 5 heteroatoms. The van der Waals surface area contributed by atoms with Crippen molar-refractivity contribution >= 4 is 5.69 Å². The fraction of sp³-hybridized carbons (Fsp3) is 0.625. The third-order valence-electron chi connectivity index (χ3n) is 4.28. The highest BCUT2D eigenvalue weighted by Gasteiger charge is 2.31. The van der Waals surface area contributed by atoms with Crippen molar-refractivity contribution in [1.82, 2.24) is 5.32 Å². The smallest absolute Gasteiger partial charge is 0.272 e. The van der Waals surface area contributed by atoms with Gasteiger partial charge in [-0.25, -0.2) is 0 Å². The van der Waals surface area contributed by atoms with Crippen LogP contribution in [0, 0.1) is 16.0 Å². The molecular weight excluding hydrogens is 268 g/mol. The lowest BCUT2D eigenvalue weighted by Crippen LogP contribution is -2.44. The van der Waals surface area contributed by atoms with Crippen molar-refractivity contribution in [2.24, 2.45) is 5.92 Å². The van der Waals surface area contributed by atoms with Crippen molar-refractivity contribution in [3.63, 3.8) is 0 Å². The minimum Gasteiger partial charge on any atom is -0.389 e. The molecule has 0 saturated heterocycles. The van der Waals surface area contributed by atoms with E-state index in [1.165, 1.54) is 12.5 Å². The van der Waals surface area contributed by atoms with Gasteiger partial charge >= 0.3 is 0 Å². The lowest BCUT2D eigenvalue weighted by molar-refractivity contribution is -0.385. The van der Waals surface area contributed by atoms with Crippen LogP contribution in [-0.2, 0) is 6.42 Å². The average Bonchev–Trinajstić information content (AvgIpc) is 2.43. The molecule has 2 atom stereocenters. The summed E-state index contributed by atoms with van der Waals surface area (Å²) in [6.07, 6.45) is 4.55. The van der Waals surface area contributed by atoms with E-state index in [0.717, 1.165) is 24.8 Å². The Kier molecular flexibility index (Phi) is 5.31. The maximum Gasteiger partial charge on any atom is 0.272 e. The van der Waals surface area contributed by atoms with Crippen LogP contribution in [-0.4, -0.2) is 28.7 Å². The Morgan fingerprint density at radius 2 is 2.24 bits per heavy atom. The maximum atomic E-state index is 10.9. The predicted octanol–water partition coefficient (Wildman–Crippen LogP) is 2.67. The number of hydrogen-bond donors (Lipinski definition) is 2. The number of rotatable bonds is 6. The van der Waals surface area contributed by atoms with Crippen LogP contribution in [0.3, 0.4) is 0 Å². The highest BCUT2D eigenvalue weighted by Crippen LogP contribution is 2.31. The predicted molar refractivity (Wildman–Crippen MR) is 82.3 cm³/mol. The summed E-state index contributed by atoms with van der Waals surface area (Å²) in [5, 5.41) is 24.7. The minimum absolute atomic E-state index is 0.171. The molecule has 5 nitrogen and oxygen atoms in total. The van der Waals surface area contributed by atoms with Crippen LogP contribution < -0.4 is 5.32 Å². The molecule has 1 aromatic carbocycles. The number of hydrogen-bond acceptors (Lipinski definition) is 4. The molecule has 0 amide bonds. The van der Waals surface area contributed by atoms with Crippen LogP contribution in [0.5, 0.6) is 0 Å². The van der Waals surface area contributed by atoms with Gasteiger partial charge in [0.2, 0.25) is 0 Å². The summed E-state index contributed by atoms with van der Waals surface area (Å²) < 4.78 is 0. The molecule has 0 aliphatic heterocycles. The van der Waals surface area contributed by atoms with E-state index in [4.69, 9.17) is 0 Å². The monoisotopic (exact) mass is 292 g/mol. The second-order valence-corrected chi connectivity index (χ2v) is 6.24. The number of nitrogens with zero attached hydrogens (tertiary/aromatic N) is 1. The molecular formula is C16H24N2O3. The Morgan fingerprint density at radius 1 is 1.48 bits per heavy atom. The standard InChI is InChI=1S/C16H24N2O3/c1-13-5-4-9-16(19,11-13)12-17-10-8-14-6-2-3-7-15(14)18(20)21/h2-3,6-7,13,17,19H,4-5,8-12H2,1H3. The van der Waals surface area contributed by atoms with Gasteiger partial charge in [0.05, 0.1) is 10.5 Å². The van der Waals surface area contributed by atoms with Crippen molar-refractivity contribution in [1.29, 1.82) is 0 Å². The Morgan fingerprint density at radius 3 is 2.95 bits per heavy atom. The lowest BCUT2D eigenvalue weighted by Gasteiger charge is -2.35. The van der Waals surface area contributed by atoms with Gasteiger partial charge in [-0.05, 0) is 31.7 Å². The van der Waals surface area contributed by atoms with Gasteiger partial charge < -0.3 is 10.4 Å². The molecule has 2 rings (SSSR count). The van der Waals surface area contributed by atoms with Crippen LogP contribution in [0.1, 0.15) is 38.2 Å². The molecule has 21 heavy (non-hydrogen) atoms. The quantitative estimate of drug-likeness (QED) is 0.480. The Balaban J connectivity index is 1.81. The molecule has 2 unspecified atom stereocenters. The van der Waals surface area contributed by atoms with E-state index >= 15 is 0 Å². The Labute approximate surface area is 125 Å². The first-order chi connectivity index (χ1) is 10.0. The fourth-order valence-electron chi connectivity index (χ4n) is 3.24. The van der Waals surface area contributed by atoms with Gasteiger partial charge in [-0.1, -0.05) is 38.0 Å². The number of nitro benzene ring substituents is 1. The topological polar surface area (TPSA) is 75.4 Å². The number of nitro groups is 1. The van der Waals surface area contributed by atoms with E-state index < -0.39 is 5.60 Å². The maximum absolute atomic E-state index is 10.9. The molecule has 0 spiro atoms. The molecule has 0 heterocycles. The minimum atomic E-state index is -0.611. The molecule has 0 aromatic heterocycles. The summed E-state index contributed by atoms with van der Waals surface area (Å²) in [5.74, 6) is 0.570. The summed E-state index contributed by atoms with van der Waals surface area (Å²) in [6.45, 7) is 3.39. The SMILES string of the molecule is CC1CCCC(O)(CNCCc2ccccc2[N+](=O)[O-])C1. The van der Waals surface area contributed by atoms with Gasteiger partial charge in [0, 0.05) is 18.2 Å². The lowest BCUT2D eigenvalue weighted by atomic mass is 9.79. The van der Waals surface area contributed by atoms with Gasteiger partial charge in [-0.15, -0.1) is 0 Å². The molecule has 0 radical (unpaired) electrons. The van der Waals surface area contributed by atoms with E-state index in [1.54, 1.807) is 12.1 Å². The van der Waals surface area contributed by atoms with E-state index in [0.29, 0.717) is 25.4 Å². The molecule has 1 fully saturated rings. The van der Waals surface area contributed by atoms with Gasteiger partial charge in [-0.3, -0.25) is 10.1 Å². The molecule has 2 N–H and O–H groups in total. The van der Waals surface area contributed by atoms with E-state index in [-0.39, 0.29) is 10.6 Å². The summed E-state index contributed by atoms with van der Waals surface area (Å²) in [6, 6.07) is 6.82. The second-order valence-electron chi connectivity index (χ2n) is 6.24. The largest absolute Gasteiger partial charge is 0.389 e. The first-order valence-corrected chi connectivity index (χ1v) is 7.65. The van der Waals surface area contributed by atoms with Crippen molar-refractivity contribution < 1.29 is 10.0 Å². The molecule has 1 saturated carbocycles. The van der Waals surface area contributed by atoms with Gasteiger partial charge in [0.1, 0.15) is 0 Å². The van der Waals surface area contributed by atoms with E-state index in [9.17, 15) is 15.2 Å². The number of benzene rings is 1. The number of para-hydroxylation sites is 1. The summed E-state index contributed by atoms with van der Waals surface area (Å²) in [7, 11) is 0. The summed E-state index contributed by atoms with van der Waals surface area (Å²) in [4.78, 5) is 10.6. The van der Waals surface area contributed by atoms with Gasteiger partial charge in [0.15, 0.2) is 0 Å². The zero-order valence-electron chi connectivity index (χ0n) is 12.5. The van der Waals surface area contributed by atoms with Crippen LogP contribution >= 0.6 is 0 Å². The molecule has 1 aliphatic carbocycles. The first kappa shape index (κ1) is 15.9. The highest BCUT2D eigenvalue weighted by molar-refractivity contribution is 5.39. The summed E-state index contributed by atoms with van der Waals surface area (Å²) in [5.41, 5.74) is 0.295. The zero-order chi connectivity index (χ0) is 15.3. The first-order valence-electron chi connectivity index (χ1n) is 7.65. The van der Waals surface area contributed by atoms with Crippen LogP contribution in [0.2, 0.25) is 0 Å². The van der Waals surface area contributed by atoms with Crippen LogP contribution in [0.4, 0.5) is 5.69 Å². The van der Waals surface area contributed by atoms with E-state index in [2.05, 4.69) is 12.2 Å². The number of aliphatic hydroxyl groups is 1. The summed E-state index contributed by atoms with van der Waals surface area (Å²) >= 11 is 0. The average molecular weight is 292 g/mol. The van der Waals surface area contributed by atoms with Crippen LogP contribution in [0.15, 0.2) is 24.3 Å². The highest BCUT2D eigenvalue weighted by atomic mass is 16.6. The van der Waals surface area contributed by atoms with Gasteiger partial charge in [0.25, 0.3) is 5.69 Å². The Hall–Kier alpha value is -1.46. The van der Waals surface area contributed by atoms with E-state index in [1.807, 2.05) is 6.07 Å². The molecule has 0 bridgehead atoms. The van der Waals surface area contributed by atoms with Crippen LogP contribution in [0.25, 0.3) is 0 Å². The van der Waals surface area contributed by atoms with Gasteiger partial charge in [-0.2, -0.15) is 0 Å². The van der Waals surface area contributed by atoms with Crippen molar-refractivity contribution in [3.8, 4) is 0 Å². The zero-order valence-corrected chi connectivity index (χ0v) is 12.5. The third kappa shape index (κ3) is 4.51. The molecule has 116 valence electrons. The van der Waals surface area contributed by atoms with Crippen molar-refractivity contribution in [2.75, 3.05) is 13.1 Å². The second kappa shape index (κ2) is 7.00. The fourth-order valence-corrected chi connectivity index (χ4v) is 3.24. The third-order valence-corrected chi connectivity index (χ3v) is 4.28. The van der Waals surface area contributed by atoms with Crippen molar-refractivity contribution in [3.05, 3.63) is 39.9 Å².